The van der Waals surface area contributed by atoms with Crippen molar-refractivity contribution in [1.82, 2.24) is 5.43 Å². The molecule has 1 N–H and O–H groups in total. The van der Waals surface area contributed by atoms with Gasteiger partial charge in [-0.2, -0.15) is 5.10 Å². The highest BCUT2D eigenvalue weighted by Crippen LogP contribution is 2.33. The number of nitrogens with zero attached hydrogens (tertiary/aromatic N) is 1. The first kappa shape index (κ1) is 23.5. The lowest BCUT2D eigenvalue weighted by Gasteiger charge is -2.15. The molecule has 0 fully saturated rings. The number of carbonyl (C=O) groups is 1. The van der Waals surface area contributed by atoms with Gasteiger partial charge in [0, 0.05) is 10.9 Å². The zero-order valence-electron chi connectivity index (χ0n) is 18.7. The summed E-state index contributed by atoms with van der Waals surface area (Å²) >= 11 is 0. The Hall–Kier alpha value is -4.18. The van der Waals surface area contributed by atoms with Crippen molar-refractivity contribution in [3.05, 3.63) is 65.9 Å². The number of ether oxygens (including phenoxy) is 3. The number of terminal acetylenes is 1. The third-order valence-corrected chi connectivity index (χ3v) is 4.52. The van der Waals surface area contributed by atoms with Gasteiger partial charge in [0.25, 0.3) is 0 Å². The number of rotatable bonds is 11. The van der Waals surface area contributed by atoms with Gasteiger partial charge < -0.3 is 18.6 Å². The van der Waals surface area contributed by atoms with Crippen molar-refractivity contribution in [2.24, 2.45) is 5.10 Å². The zero-order valence-corrected chi connectivity index (χ0v) is 18.7. The Kier molecular flexibility index (Phi) is 8.14. The minimum absolute atomic E-state index is 0.122. The number of hydrogen-bond acceptors (Lipinski definition) is 6. The topological polar surface area (TPSA) is 82.3 Å². The molecule has 0 aliphatic rings. The van der Waals surface area contributed by atoms with E-state index in [0.717, 1.165) is 16.5 Å². The fourth-order valence-corrected chi connectivity index (χ4v) is 3.22. The number of carbonyl (C=O) groups excluding carboxylic acids is 1. The number of hydrogen-bond donors (Lipinski definition) is 1. The molecule has 0 unspecified atom stereocenters. The van der Waals surface area contributed by atoms with E-state index in [9.17, 15) is 4.79 Å². The molecule has 0 atom stereocenters. The van der Waals surface area contributed by atoms with Crippen molar-refractivity contribution < 1.29 is 23.4 Å². The largest absolute Gasteiger partial charge is 0.494 e. The van der Waals surface area contributed by atoms with E-state index >= 15 is 0 Å². The summed E-state index contributed by atoms with van der Waals surface area (Å²) in [4.78, 5) is 12.5. The van der Waals surface area contributed by atoms with E-state index in [-0.39, 0.29) is 12.4 Å². The molecule has 0 bridgehead atoms. The average Bonchev–Trinajstić information content (AvgIpc) is 3.23. The van der Waals surface area contributed by atoms with E-state index in [1.54, 1.807) is 30.3 Å². The Morgan fingerprint density at radius 2 is 2.00 bits per heavy atom. The molecule has 33 heavy (non-hydrogen) atoms. The first-order valence-electron chi connectivity index (χ1n) is 10.6. The Balaban J connectivity index is 1.78. The van der Waals surface area contributed by atoms with Crippen LogP contribution in [-0.2, 0) is 6.42 Å². The molecule has 0 saturated carbocycles. The molecule has 170 valence electrons. The predicted molar refractivity (Wildman–Crippen MR) is 128 cm³/mol. The SMILES string of the molecule is C#CCOc1c(CC=C)cc(/C=N/NC(=O)c2cc3cc(OCC)ccc3o2)cc1OCC. The van der Waals surface area contributed by atoms with Crippen LogP contribution >= 0.6 is 0 Å². The summed E-state index contributed by atoms with van der Waals surface area (Å²) in [5.41, 5.74) is 4.64. The number of nitrogens with one attached hydrogen (secondary N) is 1. The number of hydrazone groups is 1. The summed E-state index contributed by atoms with van der Waals surface area (Å²) in [6.45, 7) is 8.71. The molecule has 2 aromatic carbocycles. The van der Waals surface area contributed by atoms with Crippen molar-refractivity contribution >= 4 is 23.1 Å². The van der Waals surface area contributed by atoms with Crippen molar-refractivity contribution in [3.8, 4) is 29.6 Å². The van der Waals surface area contributed by atoms with Crippen LogP contribution in [0.25, 0.3) is 11.0 Å². The predicted octanol–water partition coefficient (Wildman–Crippen LogP) is 4.73. The smallest absolute Gasteiger partial charge is 0.307 e. The quantitative estimate of drug-likeness (QED) is 0.199. The van der Waals surface area contributed by atoms with E-state index in [0.29, 0.717) is 42.5 Å². The van der Waals surface area contributed by atoms with Crippen LogP contribution in [0.3, 0.4) is 0 Å². The number of benzene rings is 2. The molecule has 0 radical (unpaired) electrons. The standard InChI is InChI=1S/C26H26N2O5/c1-5-9-19-13-18(14-23(31-8-4)25(19)32-12-6-2)17-27-28-26(29)24-16-20-15-21(30-7-3)10-11-22(20)33-24/h2,5,10-11,13-17H,1,7-9,12H2,3-4H3,(H,28,29)/b27-17+. The summed E-state index contributed by atoms with van der Waals surface area (Å²) in [6.07, 6.45) is 9.16. The lowest BCUT2D eigenvalue weighted by Crippen LogP contribution is -2.16. The van der Waals surface area contributed by atoms with E-state index in [1.807, 2.05) is 26.0 Å². The summed E-state index contributed by atoms with van der Waals surface area (Å²) < 4.78 is 22.5. The highest BCUT2D eigenvalue weighted by molar-refractivity contribution is 5.96. The number of furan rings is 1. The van der Waals surface area contributed by atoms with Gasteiger partial charge in [-0.3, -0.25) is 4.79 Å². The van der Waals surface area contributed by atoms with E-state index in [4.69, 9.17) is 25.1 Å². The third-order valence-electron chi connectivity index (χ3n) is 4.52. The second-order valence-electron chi connectivity index (χ2n) is 6.87. The van der Waals surface area contributed by atoms with Gasteiger partial charge in [0.05, 0.1) is 19.4 Å². The van der Waals surface area contributed by atoms with Crippen LogP contribution in [0.5, 0.6) is 17.2 Å². The highest BCUT2D eigenvalue weighted by atomic mass is 16.5. The van der Waals surface area contributed by atoms with Gasteiger partial charge in [-0.25, -0.2) is 5.43 Å². The Morgan fingerprint density at radius 1 is 1.18 bits per heavy atom. The number of amides is 1. The molecule has 3 rings (SSSR count). The lowest BCUT2D eigenvalue weighted by atomic mass is 10.1. The minimum atomic E-state index is -0.467. The maximum absolute atomic E-state index is 12.5. The fraction of sp³-hybridized carbons (Fsp3) is 0.231. The molecule has 1 aromatic heterocycles. The number of fused-ring (bicyclic) bond motifs is 1. The van der Waals surface area contributed by atoms with Crippen molar-refractivity contribution in [2.45, 2.75) is 20.3 Å². The second-order valence-corrected chi connectivity index (χ2v) is 6.87. The molecule has 0 aliphatic carbocycles. The van der Waals surface area contributed by atoms with Gasteiger partial charge in [0.15, 0.2) is 17.3 Å². The normalized spacial score (nSPS) is 10.7. The summed E-state index contributed by atoms with van der Waals surface area (Å²) in [6, 6.07) is 10.7. The van der Waals surface area contributed by atoms with E-state index < -0.39 is 5.91 Å². The molecule has 0 spiro atoms. The summed E-state index contributed by atoms with van der Waals surface area (Å²) in [7, 11) is 0. The molecule has 3 aromatic rings. The monoisotopic (exact) mass is 446 g/mol. The van der Waals surface area contributed by atoms with Gasteiger partial charge in [-0.15, -0.1) is 13.0 Å². The van der Waals surface area contributed by atoms with Gasteiger partial charge in [0.2, 0.25) is 0 Å². The molecular formula is C26H26N2O5. The van der Waals surface area contributed by atoms with Crippen LogP contribution in [0.1, 0.15) is 35.5 Å². The van der Waals surface area contributed by atoms with Crippen LogP contribution in [0, 0.1) is 12.3 Å². The van der Waals surface area contributed by atoms with Gasteiger partial charge in [-0.1, -0.05) is 12.0 Å². The molecular weight excluding hydrogens is 420 g/mol. The Morgan fingerprint density at radius 3 is 2.73 bits per heavy atom. The van der Waals surface area contributed by atoms with Crippen LogP contribution in [0.4, 0.5) is 0 Å². The van der Waals surface area contributed by atoms with Gasteiger partial charge in [0.1, 0.15) is 17.9 Å². The molecule has 0 aliphatic heterocycles. The average molecular weight is 447 g/mol. The molecule has 1 heterocycles. The van der Waals surface area contributed by atoms with Crippen LogP contribution in [-0.4, -0.2) is 31.9 Å². The van der Waals surface area contributed by atoms with Gasteiger partial charge in [-0.05, 0) is 62.2 Å². The fourth-order valence-electron chi connectivity index (χ4n) is 3.22. The summed E-state index contributed by atoms with van der Waals surface area (Å²) in [5, 5.41) is 4.84. The molecule has 0 saturated heterocycles. The molecule has 1 amide bonds. The Labute approximate surface area is 193 Å². The van der Waals surface area contributed by atoms with Crippen molar-refractivity contribution in [1.29, 1.82) is 0 Å². The molecule has 7 nitrogen and oxygen atoms in total. The second kappa shape index (κ2) is 11.4. The third kappa shape index (κ3) is 5.95. The zero-order chi connectivity index (χ0) is 23.6. The van der Waals surface area contributed by atoms with Crippen LogP contribution in [0.15, 0.2) is 58.6 Å². The maximum atomic E-state index is 12.5. The highest BCUT2D eigenvalue weighted by Gasteiger charge is 2.14. The number of allylic oxidation sites excluding steroid dienone is 1. The molecule has 7 heteroatoms. The van der Waals surface area contributed by atoms with Crippen LogP contribution in [0.2, 0.25) is 0 Å². The maximum Gasteiger partial charge on any atom is 0.307 e. The minimum Gasteiger partial charge on any atom is -0.494 e. The van der Waals surface area contributed by atoms with E-state index in [2.05, 4.69) is 23.0 Å². The summed E-state index contributed by atoms with van der Waals surface area (Å²) in [5.74, 6) is 3.97. The van der Waals surface area contributed by atoms with Gasteiger partial charge >= 0.3 is 5.91 Å². The van der Waals surface area contributed by atoms with Crippen molar-refractivity contribution in [2.75, 3.05) is 19.8 Å². The Bertz CT molecular complexity index is 1200. The van der Waals surface area contributed by atoms with E-state index in [1.165, 1.54) is 6.21 Å². The first-order valence-corrected chi connectivity index (χ1v) is 10.6. The first-order chi connectivity index (χ1) is 16.1. The van der Waals surface area contributed by atoms with Crippen molar-refractivity contribution in [3.63, 3.8) is 0 Å². The lowest BCUT2D eigenvalue weighted by molar-refractivity contribution is 0.0929. The van der Waals surface area contributed by atoms with Crippen LogP contribution < -0.4 is 19.6 Å².